The van der Waals surface area contributed by atoms with Gasteiger partial charge in [0.25, 0.3) is 0 Å². The molecule has 7 heterocycles. The van der Waals surface area contributed by atoms with Gasteiger partial charge in [0.1, 0.15) is 0 Å². The fourth-order valence-electron chi connectivity index (χ4n) is 14.7. The van der Waals surface area contributed by atoms with Gasteiger partial charge in [-0.15, -0.1) is 68.0 Å². The van der Waals surface area contributed by atoms with Crippen molar-refractivity contribution in [1.82, 2.24) is 4.57 Å². The van der Waals surface area contributed by atoms with Crippen LogP contribution in [0.25, 0.3) is 166 Å². The number of nitrogens with zero attached hydrogens (tertiary/aromatic N) is 1. The van der Waals surface area contributed by atoms with Crippen LogP contribution in [0, 0.1) is 0 Å². The van der Waals surface area contributed by atoms with Crippen LogP contribution in [0.2, 0.25) is 0 Å². The van der Waals surface area contributed by atoms with Gasteiger partial charge >= 0.3 is 0 Å². The molecule has 0 aliphatic rings. The molecule has 3 nitrogen and oxygen atoms in total. The van der Waals surface area contributed by atoms with Crippen LogP contribution in [0.5, 0.6) is 0 Å². The van der Waals surface area contributed by atoms with Crippen LogP contribution < -0.4 is 10.6 Å². The van der Waals surface area contributed by atoms with Crippen LogP contribution in [-0.4, -0.2) is 4.57 Å². The quantitative estimate of drug-likeness (QED) is 0.113. The highest BCUT2D eigenvalue weighted by Gasteiger charge is 2.25. The summed E-state index contributed by atoms with van der Waals surface area (Å²) >= 11 is 11.3. The first-order chi connectivity index (χ1) is 45.0. The molecule has 91 heavy (non-hydrogen) atoms. The summed E-state index contributed by atoms with van der Waals surface area (Å²) in [6, 6.07) is 91.7. The Hall–Kier alpha value is -9.16. The maximum absolute atomic E-state index is 4.00. The lowest BCUT2D eigenvalue weighted by molar-refractivity contribution is 0.602. The second-order valence-electron chi connectivity index (χ2n) is 24.1. The smallest absolute Gasteiger partial charge is 0.0504 e. The van der Waals surface area contributed by atoms with Gasteiger partial charge in [0.2, 0.25) is 0 Å². The molecule has 0 aliphatic heterocycles. The molecule has 0 saturated carbocycles. The van der Waals surface area contributed by atoms with Crippen LogP contribution in [0.3, 0.4) is 0 Å². The molecular weight excluding hydrogens is 1220 g/mol. The molecule has 0 unspecified atom stereocenters. The largest absolute Gasteiger partial charge is 0.355 e. The van der Waals surface area contributed by atoms with E-state index in [4.69, 9.17) is 0 Å². The minimum absolute atomic E-state index is 0.936. The Morgan fingerprint density at radius 1 is 0.286 bits per heavy atom. The van der Waals surface area contributed by atoms with Crippen molar-refractivity contribution < 1.29 is 0 Å². The summed E-state index contributed by atoms with van der Waals surface area (Å²) in [6.45, 7) is 3.25. The lowest BCUT2D eigenvalue weighted by atomic mass is 9.94. The molecule has 19 rings (SSSR count). The fraction of sp³-hybridized carbons (Fsp3) is 0.0732. The number of benzene rings is 12. The molecule has 434 valence electrons. The van der Waals surface area contributed by atoms with Gasteiger partial charge in [-0.1, -0.05) is 148 Å². The highest BCUT2D eigenvalue weighted by molar-refractivity contribution is 7.27. The first kappa shape index (κ1) is 53.7. The predicted molar refractivity (Wildman–Crippen MR) is 407 cm³/mol. The molecule has 9 heteroatoms. The molecule has 0 aliphatic carbocycles. The number of fused-ring (bicyclic) bond motifs is 19. The molecule has 0 bridgehead atoms. The Kier molecular flexibility index (Phi) is 12.7. The number of rotatable bonds is 13. The molecule has 0 atom stereocenters. The van der Waals surface area contributed by atoms with Gasteiger partial charge in [-0.2, -0.15) is 0 Å². The van der Waals surface area contributed by atoms with E-state index in [1.807, 2.05) is 68.0 Å². The summed E-state index contributed by atoms with van der Waals surface area (Å²) < 4.78 is 13.2. The van der Waals surface area contributed by atoms with Gasteiger partial charge < -0.3 is 15.2 Å². The second-order valence-corrected chi connectivity index (χ2v) is 30.6. The van der Waals surface area contributed by atoms with E-state index in [1.54, 1.807) is 0 Å². The van der Waals surface area contributed by atoms with E-state index >= 15 is 0 Å². The van der Waals surface area contributed by atoms with E-state index in [9.17, 15) is 0 Å². The minimum atomic E-state index is 0.936. The third-order valence-corrected chi connectivity index (χ3v) is 25.6. The summed E-state index contributed by atoms with van der Waals surface area (Å²) in [6.07, 6.45) is 4.71. The number of anilines is 4. The molecule has 0 amide bonds. The highest BCUT2D eigenvalue weighted by Crippen LogP contribution is 2.53. The molecule has 19 aromatic rings. The summed E-state index contributed by atoms with van der Waals surface area (Å²) in [7, 11) is 0. The van der Waals surface area contributed by atoms with Crippen molar-refractivity contribution in [3.63, 3.8) is 0 Å². The summed E-state index contributed by atoms with van der Waals surface area (Å²) in [5, 5.41) is 26.2. The average molecular weight is 1270 g/mol. The maximum Gasteiger partial charge on any atom is 0.0504 e. The number of hydrogen-bond acceptors (Lipinski definition) is 8. The van der Waals surface area contributed by atoms with Gasteiger partial charge in [0.05, 0.1) is 11.0 Å². The number of nitrogens with one attached hydrogen (secondary N) is 2. The van der Waals surface area contributed by atoms with Crippen molar-refractivity contribution >= 4 is 215 Å². The zero-order valence-electron chi connectivity index (χ0n) is 49.5. The predicted octanol–water partition coefficient (Wildman–Crippen LogP) is 27.4. The SMILES string of the molecule is CCCCCCn1c2cc(-c3ccc(-c4c(Nc5ccc6sc7ccccc7c6c5)ccc5sc6ccccc6c45)s3)c3ccccc3c2c2c3ccccc3c(-c3ccc(-c4c(Nc5ccc6sc7ccccc7c6c5)ccc5sc6ccccc6c45)s3)cc21. The van der Waals surface area contributed by atoms with E-state index in [1.165, 1.54) is 185 Å². The Bertz CT molecular complexity index is 5810. The lowest BCUT2D eigenvalue weighted by Crippen LogP contribution is -1.98. The summed E-state index contributed by atoms with van der Waals surface area (Å²) in [5.41, 5.74) is 12.1. The van der Waals surface area contributed by atoms with Gasteiger partial charge in [0.15, 0.2) is 0 Å². The van der Waals surface area contributed by atoms with Crippen LogP contribution in [0.4, 0.5) is 22.7 Å². The van der Waals surface area contributed by atoms with E-state index in [2.05, 4.69) is 265 Å². The third kappa shape index (κ3) is 8.66. The van der Waals surface area contributed by atoms with E-state index < -0.39 is 0 Å². The molecule has 12 aromatic carbocycles. The third-order valence-electron chi connectivity index (χ3n) is 18.7. The minimum Gasteiger partial charge on any atom is -0.355 e. The van der Waals surface area contributed by atoms with Crippen molar-refractivity contribution in [2.45, 2.75) is 39.2 Å². The van der Waals surface area contributed by atoms with Gasteiger partial charge in [-0.3, -0.25) is 0 Å². The number of unbranched alkanes of at least 4 members (excludes halogenated alkanes) is 3. The summed E-state index contributed by atoms with van der Waals surface area (Å²) in [4.78, 5) is 5.04. The zero-order valence-corrected chi connectivity index (χ0v) is 54.4. The Morgan fingerprint density at radius 2 is 0.659 bits per heavy atom. The van der Waals surface area contributed by atoms with E-state index in [-0.39, 0.29) is 0 Å². The van der Waals surface area contributed by atoms with Crippen LogP contribution in [0.15, 0.2) is 243 Å². The van der Waals surface area contributed by atoms with Crippen molar-refractivity contribution in [3.8, 4) is 41.8 Å². The number of aromatic nitrogens is 1. The van der Waals surface area contributed by atoms with Crippen LogP contribution >= 0.6 is 68.0 Å². The van der Waals surface area contributed by atoms with Gasteiger partial charge in [0, 0.05) is 163 Å². The topological polar surface area (TPSA) is 29.0 Å². The number of thiophene rings is 6. The zero-order chi connectivity index (χ0) is 59.8. The first-order valence-electron chi connectivity index (χ1n) is 31.4. The number of hydrogen-bond donors (Lipinski definition) is 2. The highest BCUT2D eigenvalue weighted by atomic mass is 32.1. The van der Waals surface area contributed by atoms with Crippen molar-refractivity contribution in [2.24, 2.45) is 0 Å². The van der Waals surface area contributed by atoms with Crippen molar-refractivity contribution in [2.75, 3.05) is 10.6 Å². The van der Waals surface area contributed by atoms with Gasteiger partial charge in [-0.25, -0.2) is 0 Å². The van der Waals surface area contributed by atoms with E-state index in [0.29, 0.717) is 0 Å². The van der Waals surface area contributed by atoms with Crippen molar-refractivity contribution in [1.29, 1.82) is 0 Å². The second kappa shape index (κ2) is 21.5. The molecule has 0 radical (unpaired) electrons. The normalized spacial score (nSPS) is 12.2. The molecular formula is C82H55N3S6. The Morgan fingerprint density at radius 3 is 1.12 bits per heavy atom. The molecule has 0 fully saturated rings. The lowest BCUT2D eigenvalue weighted by Gasteiger charge is -2.14. The van der Waals surface area contributed by atoms with Crippen LogP contribution in [-0.2, 0) is 6.54 Å². The number of aryl methyl sites for hydroxylation is 1. The fourth-order valence-corrected chi connectivity index (χ4v) is 21.3. The van der Waals surface area contributed by atoms with Crippen molar-refractivity contribution in [3.05, 3.63) is 243 Å². The van der Waals surface area contributed by atoms with Gasteiger partial charge in [-0.05, 0) is 149 Å². The van der Waals surface area contributed by atoms with E-state index in [0.717, 1.165) is 35.7 Å². The molecule has 0 saturated heterocycles. The molecule has 7 aromatic heterocycles. The summed E-state index contributed by atoms with van der Waals surface area (Å²) in [5.74, 6) is 0. The maximum atomic E-state index is 4.00. The first-order valence-corrected chi connectivity index (χ1v) is 36.3. The molecule has 0 spiro atoms. The standard InChI is InChI=1S/C82H55N3S6/c1-2-3-4-17-42-85-63-45-59(71-38-40-75(90-71)81-61(32-36-73-79(81)55-24-11-15-28-67(55)88-73)83-47-30-34-69-57(43-47)51-20-9-13-26-65(51)86-69)49-18-5-7-22-53(49)77(63)78-54-23-8-6-19-50(54)60(46-64(78)85)72-39-41-76(91-72)82-62(33-37-74-80(82)56-25-12-16-29-68(56)89-74)84-48-31-35-70-58(44-48)52-21-10-14-27-66(52)87-70/h5-16,18-41,43-46,83-84H,2-4,17,42H2,1H3. The average Bonchev–Trinajstić information content (AvgIpc) is 1.59. The molecule has 2 N–H and O–H groups in total. The Labute approximate surface area is 549 Å². The Balaban J connectivity index is 0.777. The van der Waals surface area contributed by atoms with Crippen LogP contribution in [0.1, 0.15) is 32.6 Å². The monoisotopic (exact) mass is 1270 g/mol.